The predicted octanol–water partition coefficient (Wildman–Crippen LogP) is 3.30. The van der Waals surface area contributed by atoms with E-state index in [0.29, 0.717) is 11.7 Å². The van der Waals surface area contributed by atoms with Gasteiger partial charge >= 0.3 is 0 Å². The third-order valence-corrected chi connectivity index (χ3v) is 3.28. The van der Waals surface area contributed by atoms with Crippen molar-refractivity contribution in [3.63, 3.8) is 0 Å². The molecule has 0 aliphatic heterocycles. The maximum Gasteiger partial charge on any atom is 0.136 e. The summed E-state index contributed by atoms with van der Waals surface area (Å²) < 4.78 is 0. The molecule has 0 unspecified atom stereocenters. The summed E-state index contributed by atoms with van der Waals surface area (Å²) in [4.78, 5) is 11.7. The molecule has 1 nitrogen and oxygen atoms in total. The SMILES string of the molecule is Cc1ccc(C[C@H]2CCCCC2=O)cc1. The maximum atomic E-state index is 11.7. The van der Waals surface area contributed by atoms with Crippen molar-refractivity contribution >= 4 is 5.78 Å². The zero-order valence-corrected chi connectivity index (χ0v) is 9.33. The van der Waals surface area contributed by atoms with E-state index in [0.717, 1.165) is 25.7 Å². The highest BCUT2D eigenvalue weighted by Crippen LogP contribution is 2.24. The Bertz CT molecular complexity index is 337. The lowest BCUT2D eigenvalue weighted by Gasteiger charge is -2.20. The van der Waals surface area contributed by atoms with E-state index >= 15 is 0 Å². The first-order valence-corrected chi connectivity index (χ1v) is 5.84. The molecule has 0 aromatic heterocycles. The quantitative estimate of drug-likeness (QED) is 0.719. The van der Waals surface area contributed by atoms with Gasteiger partial charge in [0.1, 0.15) is 5.78 Å². The fourth-order valence-corrected chi connectivity index (χ4v) is 2.28. The first-order chi connectivity index (χ1) is 7.25. The Morgan fingerprint density at radius 1 is 1.20 bits per heavy atom. The molecule has 80 valence electrons. The predicted molar refractivity (Wildman–Crippen MR) is 61.8 cm³/mol. The topological polar surface area (TPSA) is 17.1 Å². The molecule has 1 aromatic rings. The molecule has 1 aliphatic rings. The van der Waals surface area contributed by atoms with E-state index in [1.165, 1.54) is 17.5 Å². The van der Waals surface area contributed by atoms with Gasteiger partial charge < -0.3 is 0 Å². The van der Waals surface area contributed by atoms with Crippen molar-refractivity contribution in [3.8, 4) is 0 Å². The molecule has 0 bridgehead atoms. The lowest BCUT2D eigenvalue weighted by Crippen LogP contribution is -2.20. The van der Waals surface area contributed by atoms with Crippen LogP contribution < -0.4 is 0 Å². The van der Waals surface area contributed by atoms with Gasteiger partial charge in [0.05, 0.1) is 0 Å². The van der Waals surface area contributed by atoms with Crippen molar-refractivity contribution in [1.82, 2.24) is 0 Å². The molecule has 0 N–H and O–H groups in total. The standard InChI is InChI=1S/C14H18O/c1-11-6-8-12(9-7-11)10-13-4-2-3-5-14(13)15/h6-9,13H,2-5,10H2,1H3/t13-/m1/s1. The Hall–Kier alpha value is -1.11. The van der Waals surface area contributed by atoms with Crippen LogP contribution in [-0.2, 0) is 11.2 Å². The summed E-state index contributed by atoms with van der Waals surface area (Å²) in [6.07, 6.45) is 5.16. The Labute approximate surface area is 91.5 Å². The van der Waals surface area contributed by atoms with Crippen LogP contribution >= 0.6 is 0 Å². The highest BCUT2D eigenvalue weighted by atomic mass is 16.1. The molecular weight excluding hydrogens is 184 g/mol. The average Bonchev–Trinajstić information content (AvgIpc) is 2.25. The van der Waals surface area contributed by atoms with E-state index in [1.807, 2.05) is 0 Å². The van der Waals surface area contributed by atoms with Crippen LogP contribution in [0, 0.1) is 12.8 Å². The largest absolute Gasteiger partial charge is 0.299 e. The molecule has 15 heavy (non-hydrogen) atoms. The van der Waals surface area contributed by atoms with Crippen molar-refractivity contribution in [2.75, 3.05) is 0 Å². The smallest absolute Gasteiger partial charge is 0.136 e. The number of rotatable bonds is 2. The van der Waals surface area contributed by atoms with Crippen LogP contribution in [0.25, 0.3) is 0 Å². The molecule has 1 fully saturated rings. The van der Waals surface area contributed by atoms with Crippen LogP contribution in [0.3, 0.4) is 0 Å². The van der Waals surface area contributed by atoms with E-state index < -0.39 is 0 Å². The van der Waals surface area contributed by atoms with Crippen LogP contribution in [0.5, 0.6) is 0 Å². The summed E-state index contributed by atoms with van der Waals surface area (Å²) in [5.41, 5.74) is 2.59. The highest BCUT2D eigenvalue weighted by Gasteiger charge is 2.21. The van der Waals surface area contributed by atoms with Gasteiger partial charge in [-0.15, -0.1) is 0 Å². The number of benzene rings is 1. The van der Waals surface area contributed by atoms with Gasteiger partial charge in [-0.25, -0.2) is 0 Å². The Kier molecular flexibility index (Phi) is 3.20. The van der Waals surface area contributed by atoms with Gasteiger partial charge in [0.25, 0.3) is 0 Å². The fraction of sp³-hybridized carbons (Fsp3) is 0.500. The number of ketones is 1. The minimum atomic E-state index is 0.293. The molecule has 1 heteroatoms. The van der Waals surface area contributed by atoms with Crippen LogP contribution in [0.2, 0.25) is 0 Å². The van der Waals surface area contributed by atoms with Crippen molar-refractivity contribution in [1.29, 1.82) is 0 Å². The molecule has 2 rings (SSSR count). The second-order valence-electron chi connectivity index (χ2n) is 4.60. The van der Waals surface area contributed by atoms with Crippen LogP contribution in [0.1, 0.15) is 36.8 Å². The average molecular weight is 202 g/mol. The van der Waals surface area contributed by atoms with E-state index in [2.05, 4.69) is 31.2 Å². The van der Waals surface area contributed by atoms with Crippen LogP contribution in [0.4, 0.5) is 0 Å². The third kappa shape index (κ3) is 2.68. The van der Waals surface area contributed by atoms with E-state index in [-0.39, 0.29) is 0 Å². The van der Waals surface area contributed by atoms with E-state index in [1.54, 1.807) is 0 Å². The van der Waals surface area contributed by atoms with Gasteiger partial charge in [0.2, 0.25) is 0 Å². The minimum Gasteiger partial charge on any atom is -0.299 e. The zero-order valence-electron chi connectivity index (χ0n) is 9.33. The third-order valence-electron chi connectivity index (χ3n) is 3.28. The van der Waals surface area contributed by atoms with E-state index in [9.17, 15) is 4.79 Å². The summed E-state index contributed by atoms with van der Waals surface area (Å²) in [7, 11) is 0. The Balaban J connectivity index is 2.01. The van der Waals surface area contributed by atoms with Crippen molar-refractivity contribution in [2.45, 2.75) is 39.0 Å². The number of hydrogen-bond donors (Lipinski definition) is 0. The van der Waals surface area contributed by atoms with Crippen LogP contribution in [-0.4, -0.2) is 5.78 Å². The number of Topliss-reactive ketones (excluding diaryl/α,β-unsaturated/α-hetero) is 1. The summed E-state index contributed by atoms with van der Waals surface area (Å²) in [5.74, 6) is 0.767. The Morgan fingerprint density at radius 3 is 2.60 bits per heavy atom. The summed E-state index contributed by atoms with van der Waals surface area (Å²) in [6.45, 7) is 2.09. The fourth-order valence-electron chi connectivity index (χ4n) is 2.28. The molecule has 1 aromatic carbocycles. The minimum absolute atomic E-state index is 0.293. The Morgan fingerprint density at radius 2 is 1.93 bits per heavy atom. The normalized spacial score (nSPS) is 21.7. The monoisotopic (exact) mass is 202 g/mol. The summed E-state index contributed by atoms with van der Waals surface area (Å²) >= 11 is 0. The zero-order chi connectivity index (χ0) is 10.7. The molecule has 0 heterocycles. The van der Waals surface area contributed by atoms with Gasteiger partial charge in [-0.1, -0.05) is 36.2 Å². The number of hydrogen-bond acceptors (Lipinski definition) is 1. The van der Waals surface area contributed by atoms with Gasteiger partial charge in [-0.05, 0) is 31.7 Å². The summed E-state index contributed by atoms with van der Waals surface area (Å²) in [6, 6.07) is 8.56. The summed E-state index contributed by atoms with van der Waals surface area (Å²) in [5, 5.41) is 0. The van der Waals surface area contributed by atoms with Crippen molar-refractivity contribution in [3.05, 3.63) is 35.4 Å². The second kappa shape index (κ2) is 4.61. The van der Waals surface area contributed by atoms with Gasteiger partial charge in [-0.2, -0.15) is 0 Å². The molecule has 0 amide bonds. The molecule has 1 aliphatic carbocycles. The van der Waals surface area contributed by atoms with Crippen molar-refractivity contribution < 1.29 is 4.79 Å². The number of carbonyl (C=O) groups excluding carboxylic acids is 1. The molecule has 0 radical (unpaired) electrons. The molecule has 1 atom stereocenters. The molecular formula is C14H18O. The molecule has 1 saturated carbocycles. The lowest BCUT2D eigenvalue weighted by atomic mass is 9.84. The highest BCUT2D eigenvalue weighted by molar-refractivity contribution is 5.81. The van der Waals surface area contributed by atoms with Gasteiger partial charge in [0, 0.05) is 12.3 Å². The second-order valence-corrected chi connectivity index (χ2v) is 4.60. The molecule has 0 spiro atoms. The number of carbonyl (C=O) groups is 1. The van der Waals surface area contributed by atoms with Crippen LogP contribution in [0.15, 0.2) is 24.3 Å². The lowest BCUT2D eigenvalue weighted by molar-refractivity contribution is -0.124. The van der Waals surface area contributed by atoms with Gasteiger partial charge in [0.15, 0.2) is 0 Å². The first-order valence-electron chi connectivity index (χ1n) is 5.84. The van der Waals surface area contributed by atoms with Gasteiger partial charge in [-0.3, -0.25) is 4.79 Å². The van der Waals surface area contributed by atoms with Crippen molar-refractivity contribution in [2.24, 2.45) is 5.92 Å². The maximum absolute atomic E-state index is 11.7. The number of aryl methyl sites for hydroxylation is 1. The molecule has 0 saturated heterocycles. The first kappa shape index (κ1) is 10.4. The van der Waals surface area contributed by atoms with E-state index in [4.69, 9.17) is 0 Å².